The van der Waals surface area contributed by atoms with Crippen LogP contribution in [-0.2, 0) is 0 Å². The van der Waals surface area contributed by atoms with Crippen molar-refractivity contribution in [2.75, 3.05) is 26.4 Å². The Hall–Kier alpha value is -1.66. The second-order valence-corrected chi connectivity index (χ2v) is 5.68. The number of hydrogen-bond acceptors (Lipinski definition) is 5. The Kier molecular flexibility index (Phi) is 3.35. The van der Waals surface area contributed by atoms with Gasteiger partial charge in [0, 0.05) is 24.6 Å². The van der Waals surface area contributed by atoms with Crippen LogP contribution in [0.4, 0.5) is 0 Å². The lowest BCUT2D eigenvalue weighted by molar-refractivity contribution is 0.437. The van der Waals surface area contributed by atoms with Gasteiger partial charge in [0.15, 0.2) is 5.65 Å². The van der Waals surface area contributed by atoms with Gasteiger partial charge >= 0.3 is 0 Å². The summed E-state index contributed by atoms with van der Waals surface area (Å²) < 4.78 is 0. The van der Waals surface area contributed by atoms with Crippen LogP contribution in [0.25, 0.3) is 22.1 Å². The monoisotopic (exact) mass is 275 g/mol. The third-order valence-electron chi connectivity index (χ3n) is 2.87. The molecule has 3 aromatic rings. The van der Waals surface area contributed by atoms with Crippen LogP contribution < -0.4 is 0 Å². The Morgan fingerprint density at radius 1 is 1.26 bits per heavy atom. The average molecular weight is 275 g/mol. The highest BCUT2D eigenvalue weighted by Crippen LogP contribution is 2.22. The molecule has 5 nitrogen and oxygen atoms in total. The summed E-state index contributed by atoms with van der Waals surface area (Å²) in [7, 11) is 4.11. The summed E-state index contributed by atoms with van der Waals surface area (Å²) in [5.41, 5.74) is 2.70. The smallest absolute Gasteiger partial charge is 0.211 e. The van der Waals surface area contributed by atoms with E-state index in [9.17, 15) is 0 Å². The fraction of sp³-hybridized carbons (Fsp3) is 0.308. The number of nitrogens with one attached hydrogen (secondary N) is 1. The van der Waals surface area contributed by atoms with Gasteiger partial charge in [-0.25, -0.2) is 4.98 Å². The fourth-order valence-corrected chi connectivity index (χ4v) is 2.78. The van der Waals surface area contributed by atoms with E-state index in [0.29, 0.717) is 0 Å². The quantitative estimate of drug-likeness (QED) is 0.741. The molecule has 19 heavy (non-hydrogen) atoms. The SMILES string of the molecule is CN(C)CCSc1nnc2c(n1)[nH]c1ccccc12.[HH]. The minimum absolute atomic E-state index is 0. The van der Waals surface area contributed by atoms with E-state index in [2.05, 4.69) is 39.2 Å². The first-order valence-corrected chi connectivity index (χ1v) is 7.11. The number of fused-ring (bicyclic) bond motifs is 3. The molecular formula is C13H17N5S. The highest BCUT2D eigenvalue weighted by atomic mass is 32.2. The van der Waals surface area contributed by atoms with E-state index in [1.807, 2.05) is 24.3 Å². The van der Waals surface area contributed by atoms with Crippen molar-refractivity contribution in [1.82, 2.24) is 25.1 Å². The van der Waals surface area contributed by atoms with E-state index >= 15 is 0 Å². The number of H-pyrrole nitrogens is 1. The van der Waals surface area contributed by atoms with Crippen molar-refractivity contribution >= 4 is 33.8 Å². The van der Waals surface area contributed by atoms with Gasteiger partial charge in [0.2, 0.25) is 5.16 Å². The maximum absolute atomic E-state index is 4.52. The highest BCUT2D eigenvalue weighted by molar-refractivity contribution is 7.99. The number of nitrogens with zero attached hydrogens (tertiary/aromatic N) is 4. The molecule has 0 bridgehead atoms. The third kappa shape index (κ3) is 2.54. The van der Waals surface area contributed by atoms with E-state index in [1.54, 1.807) is 11.8 Å². The standard InChI is InChI=1S/C13H15N5S.H2/c1-18(2)7-8-19-13-15-12-11(16-17-13)9-5-3-4-6-10(9)14-12;/h3-6H,7-8H2,1-2H3,(H,14,15,17);1H. The van der Waals surface area contributed by atoms with E-state index in [4.69, 9.17) is 0 Å². The third-order valence-corrected chi connectivity index (χ3v) is 3.69. The zero-order valence-electron chi connectivity index (χ0n) is 10.9. The minimum atomic E-state index is 0. The van der Waals surface area contributed by atoms with Gasteiger partial charge in [-0.2, -0.15) is 0 Å². The number of benzene rings is 1. The molecule has 1 N–H and O–H groups in total. The Morgan fingerprint density at radius 2 is 2.11 bits per heavy atom. The molecule has 0 saturated heterocycles. The Labute approximate surface area is 116 Å². The normalized spacial score (nSPS) is 11.7. The average Bonchev–Trinajstić information content (AvgIpc) is 2.76. The van der Waals surface area contributed by atoms with Crippen LogP contribution in [0.3, 0.4) is 0 Å². The Balaban J connectivity index is 0.00000147. The summed E-state index contributed by atoms with van der Waals surface area (Å²) in [6.07, 6.45) is 0. The Bertz CT molecular complexity index is 712. The van der Waals surface area contributed by atoms with Crippen molar-refractivity contribution in [1.29, 1.82) is 0 Å². The van der Waals surface area contributed by atoms with Crippen LogP contribution in [0, 0.1) is 0 Å². The summed E-state index contributed by atoms with van der Waals surface area (Å²) in [6, 6.07) is 8.05. The predicted octanol–water partition coefficient (Wildman–Crippen LogP) is 2.41. The van der Waals surface area contributed by atoms with Gasteiger partial charge in [-0.15, -0.1) is 10.2 Å². The molecule has 2 heterocycles. The van der Waals surface area contributed by atoms with Crippen LogP contribution in [0.1, 0.15) is 1.43 Å². The number of thioether (sulfide) groups is 1. The highest BCUT2D eigenvalue weighted by Gasteiger charge is 2.08. The largest absolute Gasteiger partial charge is 0.338 e. The zero-order valence-corrected chi connectivity index (χ0v) is 11.7. The zero-order chi connectivity index (χ0) is 13.2. The summed E-state index contributed by atoms with van der Waals surface area (Å²) in [6.45, 7) is 0.999. The molecular weight excluding hydrogens is 258 g/mol. The van der Waals surface area contributed by atoms with Crippen molar-refractivity contribution < 1.29 is 1.43 Å². The van der Waals surface area contributed by atoms with Crippen molar-refractivity contribution in [3.63, 3.8) is 0 Å². The van der Waals surface area contributed by atoms with E-state index in [-0.39, 0.29) is 1.43 Å². The van der Waals surface area contributed by atoms with Crippen molar-refractivity contribution in [2.24, 2.45) is 0 Å². The molecule has 0 saturated carbocycles. The molecule has 0 aliphatic rings. The molecule has 2 aromatic heterocycles. The molecule has 0 spiro atoms. The van der Waals surface area contributed by atoms with Gasteiger partial charge in [-0.3, -0.25) is 0 Å². The van der Waals surface area contributed by atoms with Gasteiger partial charge in [-0.05, 0) is 20.2 Å². The molecule has 0 aliphatic heterocycles. The van der Waals surface area contributed by atoms with Gasteiger partial charge in [-0.1, -0.05) is 30.0 Å². The molecule has 0 aliphatic carbocycles. The molecule has 1 aromatic carbocycles. The lowest BCUT2D eigenvalue weighted by Gasteiger charge is -2.07. The van der Waals surface area contributed by atoms with Crippen molar-refractivity contribution in [3.05, 3.63) is 24.3 Å². The van der Waals surface area contributed by atoms with Crippen LogP contribution in [0.15, 0.2) is 29.4 Å². The topological polar surface area (TPSA) is 57.7 Å². The van der Waals surface area contributed by atoms with Gasteiger partial charge in [0.1, 0.15) is 5.52 Å². The predicted molar refractivity (Wildman–Crippen MR) is 80.6 cm³/mol. The number of aromatic nitrogens is 4. The number of rotatable bonds is 4. The molecule has 6 heteroatoms. The summed E-state index contributed by atoms with van der Waals surface area (Å²) in [4.78, 5) is 9.95. The van der Waals surface area contributed by atoms with E-state index in [0.717, 1.165) is 39.5 Å². The van der Waals surface area contributed by atoms with Crippen molar-refractivity contribution in [3.8, 4) is 0 Å². The van der Waals surface area contributed by atoms with Crippen LogP contribution in [0.2, 0.25) is 0 Å². The first-order chi connectivity index (χ1) is 9.24. The van der Waals surface area contributed by atoms with Crippen molar-refractivity contribution in [2.45, 2.75) is 5.16 Å². The second-order valence-electron chi connectivity index (χ2n) is 4.61. The van der Waals surface area contributed by atoms with Crippen LogP contribution >= 0.6 is 11.8 Å². The number of hydrogen-bond donors (Lipinski definition) is 1. The maximum atomic E-state index is 4.52. The molecule has 0 amide bonds. The maximum Gasteiger partial charge on any atom is 0.211 e. The molecule has 3 rings (SSSR count). The van der Waals surface area contributed by atoms with E-state index in [1.165, 1.54) is 0 Å². The van der Waals surface area contributed by atoms with Gasteiger partial charge in [0.05, 0.1) is 0 Å². The van der Waals surface area contributed by atoms with Crippen LogP contribution in [-0.4, -0.2) is 51.5 Å². The summed E-state index contributed by atoms with van der Waals surface area (Å²) in [5.74, 6) is 0.959. The lowest BCUT2D eigenvalue weighted by Crippen LogP contribution is -2.14. The van der Waals surface area contributed by atoms with E-state index < -0.39 is 0 Å². The summed E-state index contributed by atoms with van der Waals surface area (Å²) in [5, 5.41) is 10.3. The van der Waals surface area contributed by atoms with Gasteiger partial charge < -0.3 is 9.88 Å². The lowest BCUT2D eigenvalue weighted by atomic mass is 10.2. The second kappa shape index (κ2) is 5.14. The summed E-state index contributed by atoms with van der Waals surface area (Å²) >= 11 is 1.63. The minimum Gasteiger partial charge on any atom is -0.338 e. The van der Waals surface area contributed by atoms with Crippen LogP contribution in [0.5, 0.6) is 0 Å². The fourth-order valence-electron chi connectivity index (χ4n) is 1.89. The molecule has 0 unspecified atom stereocenters. The Morgan fingerprint density at radius 3 is 2.95 bits per heavy atom. The molecule has 0 radical (unpaired) electrons. The molecule has 0 atom stereocenters. The first kappa shape index (κ1) is 12.4. The molecule has 100 valence electrons. The number of aromatic amines is 1. The number of para-hydroxylation sites is 1. The first-order valence-electron chi connectivity index (χ1n) is 6.13. The molecule has 0 fully saturated rings. The van der Waals surface area contributed by atoms with Gasteiger partial charge in [0.25, 0.3) is 0 Å².